The number of halogens is 6. The molecule has 14 heteroatoms. The van der Waals surface area contributed by atoms with Gasteiger partial charge in [0.1, 0.15) is 19.2 Å². The molecule has 0 aliphatic rings. The zero-order valence-corrected chi connectivity index (χ0v) is 19.2. The number of nitro groups is 2. The van der Waals surface area contributed by atoms with E-state index in [1.807, 2.05) is 0 Å². The summed E-state index contributed by atoms with van der Waals surface area (Å²) in [6.45, 7) is -0.529. The van der Waals surface area contributed by atoms with Gasteiger partial charge in [-0.15, -0.1) is 12.4 Å². The van der Waals surface area contributed by atoms with Gasteiger partial charge in [-0.2, -0.15) is 0 Å². The van der Waals surface area contributed by atoms with Crippen molar-refractivity contribution in [2.75, 3.05) is 31.8 Å². The van der Waals surface area contributed by atoms with Crippen molar-refractivity contribution >= 4 is 61.3 Å². The first-order chi connectivity index (χ1) is 13.7. The van der Waals surface area contributed by atoms with Gasteiger partial charge in [0.05, 0.1) is 18.8 Å². The SMILES string of the molecule is Cl.NCCF.O=[N+]([O-])c1ccc(F)cc1Br.O=[N+]([O-])c1ccc(NCCF)cc1Br. The van der Waals surface area contributed by atoms with Gasteiger partial charge in [0.25, 0.3) is 11.4 Å². The molecule has 0 saturated heterocycles. The number of rotatable bonds is 6. The van der Waals surface area contributed by atoms with Gasteiger partial charge in [0, 0.05) is 30.9 Å². The summed E-state index contributed by atoms with van der Waals surface area (Å²) in [4.78, 5) is 19.6. The summed E-state index contributed by atoms with van der Waals surface area (Å²) in [5.41, 5.74) is 5.17. The maximum Gasteiger partial charge on any atom is 0.283 e. The number of anilines is 1. The van der Waals surface area contributed by atoms with E-state index in [4.69, 9.17) is 0 Å². The predicted molar refractivity (Wildman–Crippen MR) is 118 cm³/mol. The Morgan fingerprint density at radius 2 is 1.40 bits per heavy atom. The first-order valence-corrected chi connectivity index (χ1v) is 9.35. The molecule has 2 aromatic rings. The lowest BCUT2D eigenvalue weighted by atomic mass is 10.3. The molecule has 0 amide bonds. The van der Waals surface area contributed by atoms with Gasteiger partial charge in [-0.25, -0.2) is 13.2 Å². The van der Waals surface area contributed by atoms with E-state index in [0.29, 0.717) is 10.2 Å². The molecule has 0 unspecified atom stereocenters. The normalized spacial score (nSPS) is 9.13. The molecule has 0 saturated carbocycles. The Morgan fingerprint density at radius 3 is 1.77 bits per heavy atom. The summed E-state index contributed by atoms with van der Waals surface area (Å²) in [7, 11) is 0. The maximum absolute atomic E-state index is 12.4. The number of hydrogen-bond donors (Lipinski definition) is 2. The quantitative estimate of drug-likeness (QED) is 0.339. The number of nitrogens with one attached hydrogen (secondary N) is 1. The number of nitrogens with two attached hydrogens (primary N) is 1. The van der Waals surface area contributed by atoms with E-state index in [1.54, 1.807) is 12.1 Å². The fourth-order valence-electron chi connectivity index (χ4n) is 1.59. The molecule has 0 bridgehead atoms. The monoisotopic (exact) mass is 580 g/mol. The number of nitro benzene ring substituents is 2. The van der Waals surface area contributed by atoms with Crippen LogP contribution in [0, 0.1) is 26.0 Å². The average Bonchev–Trinajstić information content (AvgIpc) is 2.66. The summed E-state index contributed by atoms with van der Waals surface area (Å²) in [5, 5.41) is 23.4. The van der Waals surface area contributed by atoms with Crippen molar-refractivity contribution in [1.82, 2.24) is 0 Å². The molecular formula is C16H18Br2ClF3N4O4. The Labute approximate surface area is 193 Å². The summed E-state index contributed by atoms with van der Waals surface area (Å²) in [5.74, 6) is -0.498. The fourth-order valence-corrected chi connectivity index (χ4v) is 2.61. The zero-order valence-electron chi connectivity index (χ0n) is 15.2. The van der Waals surface area contributed by atoms with Crippen LogP contribution < -0.4 is 11.1 Å². The summed E-state index contributed by atoms with van der Waals surface area (Å²) in [6.07, 6.45) is 0. The highest BCUT2D eigenvalue weighted by Gasteiger charge is 2.11. The minimum Gasteiger partial charge on any atom is -0.382 e. The Bertz CT molecular complexity index is 820. The number of nitrogens with zero attached hydrogens (tertiary/aromatic N) is 2. The van der Waals surface area contributed by atoms with E-state index in [-0.39, 0.29) is 41.3 Å². The highest BCUT2D eigenvalue weighted by molar-refractivity contribution is 9.11. The molecule has 3 N–H and O–H groups in total. The van der Waals surface area contributed by atoms with E-state index in [0.717, 1.165) is 18.2 Å². The zero-order chi connectivity index (χ0) is 22.4. The summed E-state index contributed by atoms with van der Waals surface area (Å²) >= 11 is 5.93. The largest absolute Gasteiger partial charge is 0.382 e. The van der Waals surface area contributed by atoms with Gasteiger partial charge < -0.3 is 11.1 Å². The first kappa shape index (κ1) is 30.2. The lowest BCUT2D eigenvalue weighted by Crippen LogP contribution is -2.02. The Kier molecular flexibility index (Phi) is 16.9. The van der Waals surface area contributed by atoms with Crippen molar-refractivity contribution in [1.29, 1.82) is 0 Å². The molecule has 2 aromatic carbocycles. The van der Waals surface area contributed by atoms with Crippen LogP contribution in [0.15, 0.2) is 45.3 Å². The van der Waals surface area contributed by atoms with E-state index < -0.39 is 29.0 Å². The minimum absolute atomic E-state index is 0. The highest BCUT2D eigenvalue weighted by atomic mass is 79.9. The third-order valence-corrected chi connectivity index (χ3v) is 4.05. The molecule has 0 aromatic heterocycles. The van der Waals surface area contributed by atoms with Gasteiger partial charge in [0.2, 0.25) is 0 Å². The molecule has 0 aliphatic heterocycles. The molecular weight excluding hydrogens is 564 g/mol. The van der Waals surface area contributed by atoms with Crippen LogP contribution in [0.25, 0.3) is 0 Å². The average molecular weight is 583 g/mol. The molecule has 8 nitrogen and oxygen atoms in total. The lowest BCUT2D eigenvalue weighted by Gasteiger charge is -2.03. The van der Waals surface area contributed by atoms with Crippen molar-refractivity contribution in [3.63, 3.8) is 0 Å². The van der Waals surface area contributed by atoms with E-state index in [2.05, 4.69) is 42.9 Å². The molecule has 168 valence electrons. The van der Waals surface area contributed by atoms with Gasteiger partial charge >= 0.3 is 0 Å². The van der Waals surface area contributed by atoms with Crippen LogP contribution in [0.4, 0.5) is 30.2 Å². The molecule has 0 fully saturated rings. The second kappa shape index (κ2) is 16.8. The van der Waals surface area contributed by atoms with Crippen LogP contribution in [0.5, 0.6) is 0 Å². The first-order valence-electron chi connectivity index (χ1n) is 7.77. The Balaban J connectivity index is 0. The maximum atomic E-state index is 12.4. The third-order valence-electron chi connectivity index (χ3n) is 2.78. The van der Waals surface area contributed by atoms with Crippen molar-refractivity contribution in [2.45, 2.75) is 0 Å². The van der Waals surface area contributed by atoms with Crippen molar-refractivity contribution < 1.29 is 23.0 Å². The van der Waals surface area contributed by atoms with E-state index >= 15 is 0 Å². The minimum atomic E-state index is -0.580. The van der Waals surface area contributed by atoms with Gasteiger partial charge in [-0.1, -0.05) is 0 Å². The van der Waals surface area contributed by atoms with E-state index in [9.17, 15) is 33.4 Å². The highest BCUT2D eigenvalue weighted by Crippen LogP contribution is 2.27. The predicted octanol–water partition coefficient (Wildman–Crippen LogP) is 5.57. The molecule has 0 atom stereocenters. The second-order valence-corrected chi connectivity index (χ2v) is 6.58. The topological polar surface area (TPSA) is 124 Å². The molecule has 0 heterocycles. The third kappa shape index (κ3) is 11.9. The van der Waals surface area contributed by atoms with Gasteiger partial charge in [-0.3, -0.25) is 20.2 Å². The van der Waals surface area contributed by atoms with Crippen LogP contribution >= 0.6 is 44.3 Å². The number of benzene rings is 2. The molecule has 2 rings (SSSR count). The molecule has 0 aliphatic carbocycles. The fraction of sp³-hybridized carbons (Fsp3) is 0.250. The van der Waals surface area contributed by atoms with Crippen molar-refractivity contribution in [3.8, 4) is 0 Å². The smallest absolute Gasteiger partial charge is 0.283 e. The molecule has 0 radical (unpaired) electrons. The second-order valence-electron chi connectivity index (χ2n) is 4.87. The van der Waals surface area contributed by atoms with Crippen LogP contribution in [-0.4, -0.2) is 36.3 Å². The summed E-state index contributed by atoms with van der Waals surface area (Å²) in [6, 6.07) is 7.66. The Hall–Kier alpha value is -1.96. The van der Waals surface area contributed by atoms with Crippen LogP contribution in [0.3, 0.4) is 0 Å². The van der Waals surface area contributed by atoms with E-state index in [1.165, 1.54) is 6.07 Å². The lowest BCUT2D eigenvalue weighted by molar-refractivity contribution is -0.385. The van der Waals surface area contributed by atoms with Crippen molar-refractivity contribution in [2.24, 2.45) is 5.73 Å². The molecule has 30 heavy (non-hydrogen) atoms. The molecule has 0 spiro atoms. The van der Waals surface area contributed by atoms with Crippen LogP contribution in [-0.2, 0) is 0 Å². The standard InChI is InChI=1S/C8H8BrFN2O2.C6H3BrFNO2.C2H6FN.ClH/c9-7-5-6(11-4-3-10)1-2-8(7)12(13)14;7-5-3-4(8)1-2-6(5)9(10)11;3-1-2-4;/h1-2,5,11H,3-4H2;1-3H;1-2,4H2;1H. The van der Waals surface area contributed by atoms with Crippen LogP contribution in [0.1, 0.15) is 0 Å². The van der Waals surface area contributed by atoms with Crippen LogP contribution in [0.2, 0.25) is 0 Å². The summed E-state index contributed by atoms with van der Waals surface area (Å²) < 4.78 is 35.3. The van der Waals surface area contributed by atoms with Crippen molar-refractivity contribution in [3.05, 3.63) is 71.4 Å². The van der Waals surface area contributed by atoms with Gasteiger partial charge in [0.15, 0.2) is 0 Å². The van der Waals surface area contributed by atoms with Gasteiger partial charge in [-0.05, 0) is 56.1 Å². The Morgan fingerprint density at radius 1 is 0.933 bits per heavy atom. The number of alkyl halides is 2. The number of hydrogen-bond acceptors (Lipinski definition) is 6.